The SMILES string of the molecule is CCc1cnc(C(C)(C)C)c2c1CCO2. The Balaban J connectivity index is 2.57. The third kappa shape index (κ3) is 1.73. The van der Waals surface area contributed by atoms with E-state index < -0.39 is 0 Å². The molecule has 1 aliphatic rings. The molecule has 0 radical (unpaired) electrons. The van der Waals surface area contributed by atoms with Gasteiger partial charge in [0.15, 0.2) is 0 Å². The van der Waals surface area contributed by atoms with Gasteiger partial charge >= 0.3 is 0 Å². The van der Waals surface area contributed by atoms with Crippen LogP contribution in [0.2, 0.25) is 0 Å². The highest BCUT2D eigenvalue weighted by atomic mass is 16.5. The molecule has 2 nitrogen and oxygen atoms in total. The number of rotatable bonds is 1. The molecule has 0 bridgehead atoms. The molecule has 0 saturated heterocycles. The Morgan fingerprint density at radius 3 is 2.73 bits per heavy atom. The Kier molecular flexibility index (Phi) is 2.45. The van der Waals surface area contributed by atoms with Crippen LogP contribution in [-0.4, -0.2) is 11.6 Å². The minimum atomic E-state index is 0.0701. The zero-order valence-electron chi connectivity index (χ0n) is 10.1. The summed E-state index contributed by atoms with van der Waals surface area (Å²) in [6, 6.07) is 0. The van der Waals surface area contributed by atoms with Crippen LogP contribution >= 0.6 is 0 Å². The summed E-state index contributed by atoms with van der Waals surface area (Å²) in [7, 11) is 0. The van der Waals surface area contributed by atoms with Crippen molar-refractivity contribution in [3.05, 3.63) is 23.0 Å². The highest BCUT2D eigenvalue weighted by Gasteiger charge is 2.27. The zero-order chi connectivity index (χ0) is 11.1. The minimum Gasteiger partial charge on any atom is -0.491 e. The van der Waals surface area contributed by atoms with Crippen LogP contribution < -0.4 is 4.74 Å². The average molecular weight is 205 g/mol. The molecule has 2 heteroatoms. The van der Waals surface area contributed by atoms with Crippen molar-refractivity contribution < 1.29 is 4.74 Å². The molecule has 0 unspecified atom stereocenters. The molecule has 0 spiro atoms. The van der Waals surface area contributed by atoms with Gasteiger partial charge in [-0.25, -0.2) is 0 Å². The maximum absolute atomic E-state index is 5.74. The summed E-state index contributed by atoms with van der Waals surface area (Å²) in [5, 5.41) is 0. The normalized spacial score (nSPS) is 14.9. The summed E-state index contributed by atoms with van der Waals surface area (Å²) in [4.78, 5) is 4.57. The van der Waals surface area contributed by atoms with Gasteiger partial charge in [0.1, 0.15) is 5.75 Å². The molecule has 0 aromatic carbocycles. The molecular weight excluding hydrogens is 186 g/mol. The van der Waals surface area contributed by atoms with Crippen molar-refractivity contribution in [2.24, 2.45) is 0 Å². The van der Waals surface area contributed by atoms with Crippen molar-refractivity contribution in [3.8, 4) is 5.75 Å². The van der Waals surface area contributed by atoms with Gasteiger partial charge in [0.25, 0.3) is 0 Å². The van der Waals surface area contributed by atoms with Gasteiger partial charge in [-0.2, -0.15) is 0 Å². The van der Waals surface area contributed by atoms with E-state index in [2.05, 4.69) is 32.7 Å². The molecule has 82 valence electrons. The predicted molar refractivity (Wildman–Crippen MR) is 61.5 cm³/mol. The lowest BCUT2D eigenvalue weighted by molar-refractivity contribution is 0.344. The summed E-state index contributed by atoms with van der Waals surface area (Å²) in [5.41, 5.74) is 3.90. The summed E-state index contributed by atoms with van der Waals surface area (Å²) in [5.74, 6) is 1.06. The van der Waals surface area contributed by atoms with E-state index in [9.17, 15) is 0 Å². The first-order valence-corrected chi connectivity index (χ1v) is 5.68. The van der Waals surface area contributed by atoms with Gasteiger partial charge in [-0.05, 0) is 12.0 Å². The van der Waals surface area contributed by atoms with E-state index in [1.807, 2.05) is 6.20 Å². The highest BCUT2D eigenvalue weighted by molar-refractivity contribution is 5.47. The fourth-order valence-corrected chi connectivity index (χ4v) is 2.09. The second-order valence-electron chi connectivity index (χ2n) is 5.14. The Labute approximate surface area is 91.7 Å². The van der Waals surface area contributed by atoms with Gasteiger partial charge in [0.2, 0.25) is 0 Å². The first kappa shape index (κ1) is 10.5. The van der Waals surface area contributed by atoms with E-state index in [-0.39, 0.29) is 5.41 Å². The quantitative estimate of drug-likeness (QED) is 0.703. The summed E-state index contributed by atoms with van der Waals surface area (Å²) < 4.78 is 5.74. The zero-order valence-corrected chi connectivity index (χ0v) is 10.1. The van der Waals surface area contributed by atoms with Crippen LogP contribution in [0.1, 0.15) is 44.5 Å². The van der Waals surface area contributed by atoms with Crippen molar-refractivity contribution in [3.63, 3.8) is 0 Å². The Morgan fingerprint density at radius 2 is 2.13 bits per heavy atom. The van der Waals surface area contributed by atoms with Crippen molar-refractivity contribution in [1.29, 1.82) is 0 Å². The number of pyridine rings is 1. The summed E-state index contributed by atoms with van der Waals surface area (Å²) in [6.07, 6.45) is 4.11. The Morgan fingerprint density at radius 1 is 1.40 bits per heavy atom. The van der Waals surface area contributed by atoms with E-state index in [4.69, 9.17) is 4.74 Å². The number of fused-ring (bicyclic) bond motifs is 1. The molecule has 0 amide bonds. The predicted octanol–water partition coefficient (Wildman–Crippen LogP) is 2.88. The van der Waals surface area contributed by atoms with E-state index in [1.165, 1.54) is 11.1 Å². The first-order chi connectivity index (χ1) is 7.04. The molecule has 2 heterocycles. The fraction of sp³-hybridized carbons (Fsp3) is 0.615. The van der Waals surface area contributed by atoms with E-state index in [0.29, 0.717) is 0 Å². The number of hydrogen-bond acceptors (Lipinski definition) is 2. The molecule has 0 saturated carbocycles. The van der Waals surface area contributed by atoms with Crippen molar-refractivity contribution in [2.45, 2.75) is 46.0 Å². The fourth-order valence-electron chi connectivity index (χ4n) is 2.09. The van der Waals surface area contributed by atoms with Gasteiger partial charge in [-0.1, -0.05) is 27.7 Å². The largest absolute Gasteiger partial charge is 0.491 e. The van der Waals surface area contributed by atoms with Gasteiger partial charge in [0, 0.05) is 23.6 Å². The molecule has 1 aromatic heterocycles. The van der Waals surface area contributed by atoms with Crippen molar-refractivity contribution in [2.75, 3.05) is 6.61 Å². The van der Waals surface area contributed by atoms with Gasteiger partial charge < -0.3 is 4.74 Å². The van der Waals surface area contributed by atoms with Crippen LogP contribution in [0.4, 0.5) is 0 Å². The maximum Gasteiger partial charge on any atom is 0.144 e. The number of aryl methyl sites for hydroxylation is 1. The molecule has 0 atom stereocenters. The Hall–Kier alpha value is -1.05. The first-order valence-electron chi connectivity index (χ1n) is 5.68. The molecule has 0 fully saturated rings. The van der Waals surface area contributed by atoms with Gasteiger partial charge in [-0.3, -0.25) is 4.98 Å². The number of ether oxygens (including phenoxy) is 1. The van der Waals surface area contributed by atoms with E-state index >= 15 is 0 Å². The lowest BCUT2D eigenvalue weighted by Gasteiger charge is -2.21. The summed E-state index contributed by atoms with van der Waals surface area (Å²) >= 11 is 0. The molecule has 1 aliphatic heterocycles. The van der Waals surface area contributed by atoms with Gasteiger partial charge in [-0.15, -0.1) is 0 Å². The van der Waals surface area contributed by atoms with Gasteiger partial charge in [0.05, 0.1) is 12.3 Å². The molecule has 1 aromatic rings. The standard InChI is InChI=1S/C13H19NO/c1-5-9-8-14-12(13(2,3)4)11-10(9)6-7-15-11/h8H,5-7H2,1-4H3. The molecule has 0 N–H and O–H groups in total. The lowest BCUT2D eigenvalue weighted by Crippen LogP contribution is -2.15. The number of hydrogen-bond donors (Lipinski definition) is 0. The van der Waals surface area contributed by atoms with E-state index in [1.54, 1.807) is 0 Å². The maximum atomic E-state index is 5.74. The number of aromatic nitrogens is 1. The molecule has 2 rings (SSSR count). The van der Waals surface area contributed by atoms with Crippen LogP contribution in [0, 0.1) is 0 Å². The van der Waals surface area contributed by atoms with E-state index in [0.717, 1.165) is 30.9 Å². The summed E-state index contributed by atoms with van der Waals surface area (Å²) in [6.45, 7) is 9.54. The van der Waals surface area contributed by atoms with Crippen molar-refractivity contribution in [1.82, 2.24) is 4.98 Å². The molecule has 15 heavy (non-hydrogen) atoms. The lowest BCUT2D eigenvalue weighted by atomic mass is 9.89. The third-order valence-electron chi connectivity index (χ3n) is 2.92. The number of nitrogens with zero attached hydrogens (tertiary/aromatic N) is 1. The smallest absolute Gasteiger partial charge is 0.144 e. The monoisotopic (exact) mass is 205 g/mol. The van der Waals surface area contributed by atoms with Crippen LogP contribution in [0.25, 0.3) is 0 Å². The second-order valence-corrected chi connectivity index (χ2v) is 5.14. The van der Waals surface area contributed by atoms with Crippen LogP contribution in [-0.2, 0) is 18.3 Å². The van der Waals surface area contributed by atoms with Crippen molar-refractivity contribution >= 4 is 0 Å². The second kappa shape index (κ2) is 3.51. The molecular formula is C13H19NO. The highest BCUT2D eigenvalue weighted by Crippen LogP contribution is 2.37. The van der Waals surface area contributed by atoms with Crippen LogP contribution in [0.5, 0.6) is 5.75 Å². The van der Waals surface area contributed by atoms with Crippen LogP contribution in [0.3, 0.4) is 0 Å². The Bertz CT molecular complexity index is 377. The third-order valence-corrected chi connectivity index (χ3v) is 2.92. The topological polar surface area (TPSA) is 22.1 Å². The molecule has 0 aliphatic carbocycles. The van der Waals surface area contributed by atoms with Crippen LogP contribution in [0.15, 0.2) is 6.20 Å². The minimum absolute atomic E-state index is 0.0701. The average Bonchev–Trinajstić information content (AvgIpc) is 2.62.